The van der Waals surface area contributed by atoms with Crippen molar-refractivity contribution in [1.82, 2.24) is 5.32 Å². The summed E-state index contributed by atoms with van der Waals surface area (Å²) < 4.78 is 0. The molecule has 17 heavy (non-hydrogen) atoms. The molecule has 0 aromatic heterocycles. The lowest BCUT2D eigenvalue weighted by Crippen LogP contribution is -2.44. The van der Waals surface area contributed by atoms with Gasteiger partial charge in [-0.15, -0.1) is 0 Å². The van der Waals surface area contributed by atoms with Crippen LogP contribution in [0.25, 0.3) is 0 Å². The van der Waals surface area contributed by atoms with Crippen LogP contribution < -0.4 is 5.32 Å². The van der Waals surface area contributed by atoms with E-state index in [1.165, 1.54) is 25.8 Å². The van der Waals surface area contributed by atoms with Gasteiger partial charge in [0.05, 0.1) is 0 Å². The highest BCUT2D eigenvalue weighted by Gasteiger charge is 2.47. The molecule has 1 spiro atoms. The third kappa shape index (κ3) is 1.48. The molecule has 1 nitrogen and oxygen atoms in total. The zero-order valence-corrected chi connectivity index (χ0v) is 11.2. The van der Waals surface area contributed by atoms with Gasteiger partial charge in [0.2, 0.25) is 0 Å². The highest BCUT2D eigenvalue weighted by Crippen LogP contribution is 2.50. The van der Waals surface area contributed by atoms with Crippen LogP contribution in [0.3, 0.4) is 0 Å². The van der Waals surface area contributed by atoms with Crippen LogP contribution in [0.4, 0.5) is 0 Å². The smallest absolute Gasteiger partial charge is 0.0136 e. The molecule has 0 amide bonds. The second kappa shape index (κ2) is 3.58. The normalized spacial score (nSPS) is 34.9. The van der Waals surface area contributed by atoms with Crippen LogP contribution in [0.5, 0.6) is 0 Å². The van der Waals surface area contributed by atoms with Gasteiger partial charge in [-0.1, -0.05) is 38.1 Å². The number of hydrogen-bond donors (Lipinski definition) is 1. The summed E-state index contributed by atoms with van der Waals surface area (Å²) in [6, 6.07) is 9.76. The molecule has 1 aliphatic heterocycles. The molecule has 0 radical (unpaired) electrons. The summed E-state index contributed by atoms with van der Waals surface area (Å²) in [4.78, 5) is 0. The van der Waals surface area contributed by atoms with Crippen LogP contribution in [0.2, 0.25) is 0 Å². The first-order valence-electron chi connectivity index (χ1n) is 6.90. The summed E-state index contributed by atoms with van der Waals surface area (Å²) in [6.07, 6.45) is 3.96. The van der Waals surface area contributed by atoms with E-state index in [0.29, 0.717) is 16.9 Å². The van der Waals surface area contributed by atoms with Gasteiger partial charge in [-0.3, -0.25) is 0 Å². The van der Waals surface area contributed by atoms with Crippen LogP contribution in [0.1, 0.15) is 51.2 Å². The molecule has 1 N–H and O–H groups in total. The molecule has 1 fully saturated rings. The molecule has 2 aliphatic rings. The molecule has 1 heteroatoms. The predicted molar refractivity (Wildman–Crippen MR) is 72.5 cm³/mol. The molecular formula is C16H23N. The van der Waals surface area contributed by atoms with E-state index in [1.807, 2.05) is 0 Å². The molecule has 2 unspecified atom stereocenters. The monoisotopic (exact) mass is 229 g/mol. The summed E-state index contributed by atoms with van der Waals surface area (Å²) in [5, 5.41) is 3.65. The minimum absolute atomic E-state index is 0.351. The molecule has 92 valence electrons. The van der Waals surface area contributed by atoms with Crippen LogP contribution in [0.15, 0.2) is 24.3 Å². The lowest BCUT2D eigenvalue weighted by Gasteiger charge is -2.45. The Balaban J connectivity index is 2.18. The number of hydrogen-bond acceptors (Lipinski definition) is 1. The minimum atomic E-state index is 0.351. The SMILES string of the molecule is CC1NCCC12CCC(C)(C)c1ccccc12. The van der Waals surface area contributed by atoms with Gasteiger partial charge in [0.25, 0.3) is 0 Å². The number of benzene rings is 1. The van der Waals surface area contributed by atoms with Crippen molar-refractivity contribution in [2.75, 3.05) is 6.54 Å². The van der Waals surface area contributed by atoms with E-state index in [2.05, 4.69) is 50.4 Å². The van der Waals surface area contributed by atoms with E-state index in [4.69, 9.17) is 0 Å². The quantitative estimate of drug-likeness (QED) is 0.719. The Kier molecular flexibility index (Phi) is 2.38. The minimum Gasteiger partial charge on any atom is -0.313 e. The molecule has 0 saturated carbocycles. The van der Waals surface area contributed by atoms with Crippen molar-refractivity contribution in [3.05, 3.63) is 35.4 Å². The molecule has 0 bridgehead atoms. The van der Waals surface area contributed by atoms with E-state index in [9.17, 15) is 0 Å². The fourth-order valence-corrected chi connectivity index (χ4v) is 3.95. The van der Waals surface area contributed by atoms with Gasteiger partial charge >= 0.3 is 0 Å². The molecular weight excluding hydrogens is 206 g/mol. The maximum Gasteiger partial charge on any atom is 0.0136 e. The Labute approximate surface area is 105 Å². The Morgan fingerprint density at radius 2 is 1.76 bits per heavy atom. The third-order valence-electron chi connectivity index (χ3n) is 5.24. The summed E-state index contributed by atoms with van der Waals surface area (Å²) in [6.45, 7) is 8.33. The molecule has 1 aromatic carbocycles. The van der Waals surface area contributed by atoms with Crippen LogP contribution >= 0.6 is 0 Å². The zero-order chi connectivity index (χ0) is 12.1. The van der Waals surface area contributed by atoms with E-state index >= 15 is 0 Å². The van der Waals surface area contributed by atoms with Gasteiger partial charge < -0.3 is 5.32 Å². The maximum atomic E-state index is 3.65. The van der Waals surface area contributed by atoms with E-state index < -0.39 is 0 Å². The molecule has 3 rings (SSSR count). The fourth-order valence-electron chi connectivity index (χ4n) is 3.95. The lowest BCUT2D eigenvalue weighted by atomic mass is 9.59. The van der Waals surface area contributed by atoms with Gasteiger partial charge in [-0.05, 0) is 49.3 Å². The molecule has 1 aromatic rings. The van der Waals surface area contributed by atoms with Crippen molar-refractivity contribution in [2.45, 2.75) is 56.9 Å². The van der Waals surface area contributed by atoms with Crippen molar-refractivity contribution in [1.29, 1.82) is 0 Å². The zero-order valence-electron chi connectivity index (χ0n) is 11.2. The van der Waals surface area contributed by atoms with Crippen molar-refractivity contribution in [3.63, 3.8) is 0 Å². The Bertz CT molecular complexity index is 435. The predicted octanol–water partition coefficient (Wildman–Crippen LogP) is 3.38. The first kappa shape index (κ1) is 11.3. The number of rotatable bonds is 0. The van der Waals surface area contributed by atoms with Gasteiger partial charge in [0.1, 0.15) is 0 Å². The molecule has 1 heterocycles. The highest BCUT2D eigenvalue weighted by molar-refractivity contribution is 5.43. The van der Waals surface area contributed by atoms with Crippen LogP contribution in [-0.4, -0.2) is 12.6 Å². The second-order valence-corrected chi connectivity index (χ2v) is 6.51. The van der Waals surface area contributed by atoms with Gasteiger partial charge in [-0.2, -0.15) is 0 Å². The third-order valence-corrected chi connectivity index (χ3v) is 5.24. The van der Waals surface area contributed by atoms with Crippen LogP contribution in [0, 0.1) is 0 Å². The summed E-state index contributed by atoms with van der Waals surface area (Å²) in [5.74, 6) is 0. The Morgan fingerprint density at radius 1 is 1.06 bits per heavy atom. The average molecular weight is 229 g/mol. The molecule has 1 aliphatic carbocycles. The Hall–Kier alpha value is -0.820. The Morgan fingerprint density at radius 3 is 2.41 bits per heavy atom. The lowest BCUT2D eigenvalue weighted by molar-refractivity contribution is 0.274. The first-order chi connectivity index (χ1) is 8.06. The largest absolute Gasteiger partial charge is 0.313 e. The topological polar surface area (TPSA) is 12.0 Å². The van der Waals surface area contributed by atoms with Crippen molar-refractivity contribution in [3.8, 4) is 0 Å². The molecule has 1 saturated heterocycles. The summed E-state index contributed by atoms with van der Waals surface area (Å²) in [5.41, 5.74) is 3.96. The van der Waals surface area contributed by atoms with Crippen molar-refractivity contribution >= 4 is 0 Å². The average Bonchev–Trinajstić information content (AvgIpc) is 2.68. The van der Waals surface area contributed by atoms with E-state index in [-0.39, 0.29) is 0 Å². The first-order valence-corrected chi connectivity index (χ1v) is 6.90. The summed E-state index contributed by atoms with van der Waals surface area (Å²) in [7, 11) is 0. The van der Waals surface area contributed by atoms with Gasteiger partial charge in [0.15, 0.2) is 0 Å². The van der Waals surface area contributed by atoms with E-state index in [0.717, 1.165) is 0 Å². The molecule has 2 atom stereocenters. The highest BCUT2D eigenvalue weighted by atomic mass is 15.0. The maximum absolute atomic E-state index is 3.65. The second-order valence-electron chi connectivity index (χ2n) is 6.51. The van der Waals surface area contributed by atoms with Crippen LogP contribution in [-0.2, 0) is 10.8 Å². The fraction of sp³-hybridized carbons (Fsp3) is 0.625. The number of nitrogens with one attached hydrogen (secondary N) is 1. The van der Waals surface area contributed by atoms with E-state index in [1.54, 1.807) is 11.1 Å². The van der Waals surface area contributed by atoms with Crippen molar-refractivity contribution in [2.24, 2.45) is 0 Å². The summed E-state index contributed by atoms with van der Waals surface area (Å²) >= 11 is 0. The van der Waals surface area contributed by atoms with Gasteiger partial charge in [0, 0.05) is 11.5 Å². The van der Waals surface area contributed by atoms with Gasteiger partial charge in [-0.25, -0.2) is 0 Å². The standard InChI is InChI=1S/C16H23N/c1-12-16(10-11-17-12)9-8-15(2,3)13-6-4-5-7-14(13)16/h4-7,12,17H,8-11H2,1-3H3. The van der Waals surface area contributed by atoms with Crippen molar-refractivity contribution < 1.29 is 0 Å². The number of fused-ring (bicyclic) bond motifs is 2.